The third-order valence-electron chi connectivity index (χ3n) is 3.68. The molecule has 0 atom stereocenters. The summed E-state index contributed by atoms with van der Waals surface area (Å²) in [5.41, 5.74) is 5.58. The lowest BCUT2D eigenvalue weighted by molar-refractivity contribution is 0.221. The third kappa shape index (κ3) is 2.96. The van der Waals surface area contributed by atoms with Gasteiger partial charge in [0, 0.05) is 12.6 Å². The minimum atomic E-state index is 0.855. The predicted molar refractivity (Wildman–Crippen MR) is 60.2 cm³/mol. The van der Waals surface area contributed by atoms with Crippen LogP contribution >= 0.6 is 0 Å². The largest absolute Gasteiger partial charge is 0.330 e. The molecule has 2 heteroatoms. The maximum atomic E-state index is 5.58. The van der Waals surface area contributed by atoms with Crippen molar-refractivity contribution >= 4 is 0 Å². The van der Waals surface area contributed by atoms with E-state index in [1.165, 1.54) is 58.0 Å². The number of nitrogens with two attached hydrogens (primary N) is 1. The van der Waals surface area contributed by atoms with Gasteiger partial charge in [0.1, 0.15) is 0 Å². The Kier molecular flexibility index (Phi) is 3.82. The first kappa shape index (κ1) is 10.4. The molecule has 2 rings (SSSR count). The molecule has 2 aliphatic rings. The van der Waals surface area contributed by atoms with Crippen molar-refractivity contribution < 1.29 is 0 Å². The van der Waals surface area contributed by atoms with Gasteiger partial charge in [0.2, 0.25) is 0 Å². The molecule has 0 amide bonds. The van der Waals surface area contributed by atoms with Crippen LogP contribution in [0.15, 0.2) is 0 Å². The lowest BCUT2D eigenvalue weighted by atomic mass is 10.1. The van der Waals surface area contributed by atoms with Gasteiger partial charge in [0.05, 0.1) is 0 Å². The van der Waals surface area contributed by atoms with Gasteiger partial charge in [-0.15, -0.1) is 0 Å². The quantitative estimate of drug-likeness (QED) is 0.704. The molecule has 0 heterocycles. The van der Waals surface area contributed by atoms with Crippen LogP contribution in [0.1, 0.15) is 44.9 Å². The fourth-order valence-corrected chi connectivity index (χ4v) is 2.68. The van der Waals surface area contributed by atoms with Crippen LogP contribution < -0.4 is 5.73 Å². The van der Waals surface area contributed by atoms with Crippen molar-refractivity contribution in [1.82, 2.24) is 4.90 Å². The van der Waals surface area contributed by atoms with Gasteiger partial charge in [-0.1, -0.05) is 12.8 Å². The molecule has 14 heavy (non-hydrogen) atoms. The fraction of sp³-hybridized carbons (Fsp3) is 1.00. The second kappa shape index (κ2) is 5.13. The van der Waals surface area contributed by atoms with Crippen LogP contribution in [0, 0.1) is 5.92 Å². The van der Waals surface area contributed by atoms with Crippen LogP contribution in [0.5, 0.6) is 0 Å². The van der Waals surface area contributed by atoms with E-state index in [1.807, 2.05) is 0 Å². The number of hydrogen-bond donors (Lipinski definition) is 1. The van der Waals surface area contributed by atoms with E-state index in [2.05, 4.69) is 4.90 Å². The van der Waals surface area contributed by atoms with E-state index < -0.39 is 0 Å². The summed E-state index contributed by atoms with van der Waals surface area (Å²) < 4.78 is 0. The predicted octanol–water partition coefficient (Wildman–Crippen LogP) is 1.99. The van der Waals surface area contributed by atoms with E-state index in [0.717, 1.165) is 18.5 Å². The Morgan fingerprint density at radius 1 is 1.07 bits per heavy atom. The molecule has 2 saturated carbocycles. The summed E-state index contributed by atoms with van der Waals surface area (Å²) in [6.07, 6.45) is 9.97. The third-order valence-corrected chi connectivity index (χ3v) is 3.68. The smallest absolute Gasteiger partial charge is 0.00965 e. The Hall–Kier alpha value is -0.0800. The normalized spacial score (nSPS) is 23.6. The van der Waals surface area contributed by atoms with Crippen LogP contribution in [0.4, 0.5) is 0 Å². The van der Waals surface area contributed by atoms with E-state index in [0.29, 0.717) is 0 Å². The van der Waals surface area contributed by atoms with Gasteiger partial charge in [-0.3, -0.25) is 0 Å². The van der Waals surface area contributed by atoms with Gasteiger partial charge >= 0.3 is 0 Å². The molecular formula is C12H24N2. The molecule has 2 aliphatic carbocycles. The Labute approximate surface area is 87.8 Å². The van der Waals surface area contributed by atoms with Crippen molar-refractivity contribution in [3.63, 3.8) is 0 Å². The molecule has 0 saturated heterocycles. The first-order chi connectivity index (χ1) is 6.90. The molecule has 2 nitrogen and oxygen atoms in total. The number of rotatable bonds is 6. The summed E-state index contributed by atoms with van der Waals surface area (Å²) in [5.74, 6) is 1.01. The minimum Gasteiger partial charge on any atom is -0.330 e. The van der Waals surface area contributed by atoms with E-state index in [-0.39, 0.29) is 0 Å². The monoisotopic (exact) mass is 196 g/mol. The molecule has 0 aromatic rings. The van der Waals surface area contributed by atoms with Gasteiger partial charge in [-0.25, -0.2) is 0 Å². The second-order valence-electron chi connectivity index (χ2n) is 5.02. The Morgan fingerprint density at radius 2 is 1.79 bits per heavy atom. The Bertz CT molecular complexity index is 160. The first-order valence-electron chi connectivity index (χ1n) is 6.34. The van der Waals surface area contributed by atoms with E-state index in [4.69, 9.17) is 5.73 Å². The summed E-state index contributed by atoms with van der Waals surface area (Å²) in [4.78, 5) is 2.71. The molecule has 0 unspecified atom stereocenters. The lowest BCUT2D eigenvalue weighted by Gasteiger charge is -2.25. The molecular weight excluding hydrogens is 172 g/mol. The summed E-state index contributed by atoms with van der Waals surface area (Å²) in [7, 11) is 0. The van der Waals surface area contributed by atoms with E-state index in [9.17, 15) is 0 Å². The molecule has 0 radical (unpaired) electrons. The second-order valence-corrected chi connectivity index (χ2v) is 5.02. The SMILES string of the molecule is NCCCN(CC1CCCC1)C1CC1. The van der Waals surface area contributed by atoms with E-state index in [1.54, 1.807) is 0 Å². The van der Waals surface area contributed by atoms with Crippen molar-refractivity contribution in [2.24, 2.45) is 11.7 Å². The highest BCUT2D eigenvalue weighted by atomic mass is 15.2. The molecule has 0 aromatic carbocycles. The fourth-order valence-electron chi connectivity index (χ4n) is 2.68. The average molecular weight is 196 g/mol. The summed E-state index contributed by atoms with van der Waals surface area (Å²) in [6.45, 7) is 3.47. The Morgan fingerprint density at radius 3 is 2.36 bits per heavy atom. The maximum Gasteiger partial charge on any atom is 0.00965 e. The number of nitrogens with zero attached hydrogens (tertiary/aromatic N) is 1. The molecule has 0 aliphatic heterocycles. The van der Waals surface area contributed by atoms with Crippen molar-refractivity contribution in [2.75, 3.05) is 19.6 Å². The van der Waals surface area contributed by atoms with Crippen LogP contribution in [0.25, 0.3) is 0 Å². The minimum absolute atomic E-state index is 0.855. The van der Waals surface area contributed by atoms with Gasteiger partial charge < -0.3 is 10.6 Å². The lowest BCUT2D eigenvalue weighted by Crippen LogP contribution is -2.32. The van der Waals surface area contributed by atoms with Crippen LogP contribution in [-0.2, 0) is 0 Å². The van der Waals surface area contributed by atoms with Crippen LogP contribution in [0.2, 0.25) is 0 Å². The zero-order valence-electron chi connectivity index (χ0n) is 9.25. The van der Waals surface area contributed by atoms with Gasteiger partial charge in [0.25, 0.3) is 0 Å². The molecule has 0 aromatic heterocycles. The van der Waals surface area contributed by atoms with Crippen molar-refractivity contribution in [3.8, 4) is 0 Å². The molecule has 0 bridgehead atoms. The summed E-state index contributed by atoms with van der Waals surface area (Å²) in [6, 6.07) is 0.933. The zero-order chi connectivity index (χ0) is 9.80. The van der Waals surface area contributed by atoms with Crippen molar-refractivity contribution in [2.45, 2.75) is 51.0 Å². The highest BCUT2D eigenvalue weighted by Crippen LogP contribution is 2.31. The Balaban J connectivity index is 1.71. The van der Waals surface area contributed by atoms with Gasteiger partial charge in [0.15, 0.2) is 0 Å². The molecule has 0 spiro atoms. The molecule has 2 fully saturated rings. The summed E-state index contributed by atoms with van der Waals surface area (Å²) in [5, 5.41) is 0. The van der Waals surface area contributed by atoms with Gasteiger partial charge in [-0.2, -0.15) is 0 Å². The van der Waals surface area contributed by atoms with Crippen molar-refractivity contribution in [3.05, 3.63) is 0 Å². The van der Waals surface area contributed by atoms with E-state index >= 15 is 0 Å². The molecule has 2 N–H and O–H groups in total. The highest BCUT2D eigenvalue weighted by Gasteiger charge is 2.30. The van der Waals surface area contributed by atoms with Gasteiger partial charge in [-0.05, 0) is 51.1 Å². The number of hydrogen-bond acceptors (Lipinski definition) is 2. The topological polar surface area (TPSA) is 29.3 Å². The van der Waals surface area contributed by atoms with Crippen LogP contribution in [-0.4, -0.2) is 30.6 Å². The average Bonchev–Trinajstić information content (AvgIpc) is 2.92. The maximum absolute atomic E-state index is 5.58. The highest BCUT2D eigenvalue weighted by molar-refractivity contribution is 4.86. The van der Waals surface area contributed by atoms with Crippen molar-refractivity contribution in [1.29, 1.82) is 0 Å². The summed E-state index contributed by atoms with van der Waals surface area (Å²) >= 11 is 0. The zero-order valence-corrected chi connectivity index (χ0v) is 9.25. The molecule has 82 valence electrons. The first-order valence-corrected chi connectivity index (χ1v) is 6.34. The van der Waals surface area contributed by atoms with Crippen LogP contribution in [0.3, 0.4) is 0 Å². The standard InChI is InChI=1S/C12H24N2/c13-8-3-9-14(12-6-7-12)10-11-4-1-2-5-11/h11-12H,1-10,13H2.